The van der Waals surface area contributed by atoms with E-state index >= 15 is 0 Å². The number of nitrogens with one attached hydrogen (secondary N) is 1. The number of carbonyl (C=O) groups is 2. The Morgan fingerprint density at radius 1 is 1.03 bits per heavy atom. The SMILES string of the molecule is Cc1cccc(OCC(=O)Nc2ccc3c(c2)Sc2ccccc2C(=O)N3C)c1. The van der Waals surface area contributed by atoms with Crippen molar-refractivity contribution in [3.8, 4) is 5.75 Å². The molecule has 4 rings (SSSR count). The lowest BCUT2D eigenvalue weighted by molar-refractivity contribution is -0.118. The fourth-order valence-corrected chi connectivity index (χ4v) is 4.29. The molecule has 0 saturated carbocycles. The summed E-state index contributed by atoms with van der Waals surface area (Å²) in [5.41, 5.74) is 3.22. The molecule has 0 radical (unpaired) electrons. The maximum absolute atomic E-state index is 12.7. The first-order valence-corrected chi connectivity index (χ1v) is 10.0. The predicted molar refractivity (Wildman–Crippen MR) is 115 cm³/mol. The zero-order valence-corrected chi connectivity index (χ0v) is 17.0. The van der Waals surface area contributed by atoms with Crippen molar-refractivity contribution in [1.29, 1.82) is 0 Å². The minimum atomic E-state index is -0.241. The van der Waals surface area contributed by atoms with Crippen LogP contribution in [0.4, 0.5) is 11.4 Å². The van der Waals surface area contributed by atoms with Crippen LogP contribution in [0.25, 0.3) is 0 Å². The van der Waals surface area contributed by atoms with Crippen LogP contribution < -0.4 is 15.0 Å². The maximum Gasteiger partial charge on any atom is 0.262 e. The van der Waals surface area contributed by atoms with Crippen molar-refractivity contribution in [3.05, 3.63) is 77.9 Å². The van der Waals surface area contributed by atoms with Gasteiger partial charge in [0.2, 0.25) is 0 Å². The number of hydrogen-bond donors (Lipinski definition) is 1. The summed E-state index contributed by atoms with van der Waals surface area (Å²) >= 11 is 1.52. The van der Waals surface area contributed by atoms with Gasteiger partial charge in [-0.05, 0) is 55.0 Å². The molecule has 1 heterocycles. The van der Waals surface area contributed by atoms with Crippen LogP contribution in [0, 0.1) is 6.92 Å². The van der Waals surface area contributed by atoms with Crippen LogP contribution in [0.2, 0.25) is 0 Å². The number of anilines is 2. The van der Waals surface area contributed by atoms with E-state index < -0.39 is 0 Å². The van der Waals surface area contributed by atoms with E-state index in [1.807, 2.05) is 67.6 Å². The van der Waals surface area contributed by atoms with Crippen molar-refractivity contribution in [2.45, 2.75) is 16.7 Å². The number of benzene rings is 3. The second-order valence-corrected chi connectivity index (χ2v) is 7.88. The first-order chi connectivity index (χ1) is 14.0. The Balaban J connectivity index is 1.50. The highest BCUT2D eigenvalue weighted by Gasteiger charge is 2.24. The van der Waals surface area contributed by atoms with E-state index in [-0.39, 0.29) is 18.4 Å². The average Bonchev–Trinajstić information content (AvgIpc) is 2.81. The van der Waals surface area contributed by atoms with Crippen LogP contribution in [-0.4, -0.2) is 25.5 Å². The smallest absolute Gasteiger partial charge is 0.262 e. The van der Waals surface area contributed by atoms with Crippen LogP contribution in [0.3, 0.4) is 0 Å². The van der Waals surface area contributed by atoms with Gasteiger partial charge in [0.15, 0.2) is 6.61 Å². The molecule has 2 amide bonds. The van der Waals surface area contributed by atoms with Gasteiger partial charge in [-0.2, -0.15) is 0 Å². The number of amides is 2. The third-order valence-corrected chi connectivity index (χ3v) is 5.73. The van der Waals surface area contributed by atoms with E-state index in [1.165, 1.54) is 11.8 Å². The van der Waals surface area contributed by atoms with Gasteiger partial charge in [0.1, 0.15) is 5.75 Å². The molecule has 3 aromatic rings. The summed E-state index contributed by atoms with van der Waals surface area (Å²) in [5.74, 6) is 0.375. The van der Waals surface area contributed by atoms with Crippen molar-refractivity contribution >= 4 is 35.0 Å². The Labute approximate surface area is 173 Å². The molecule has 5 nitrogen and oxygen atoms in total. The van der Waals surface area contributed by atoms with Gasteiger partial charge in [-0.3, -0.25) is 9.59 Å². The molecule has 1 N–H and O–H groups in total. The van der Waals surface area contributed by atoms with E-state index in [0.29, 0.717) is 17.0 Å². The van der Waals surface area contributed by atoms with Gasteiger partial charge in [-0.15, -0.1) is 0 Å². The zero-order chi connectivity index (χ0) is 20.4. The highest BCUT2D eigenvalue weighted by Crippen LogP contribution is 2.41. The van der Waals surface area contributed by atoms with E-state index in [2.05, 4.69) is 5.32 Å². The van der Waals surface area contributed by atoms with Crippen molar-refractivity contribution < 1.29 is 14.3 Å². The number of hydrogen-bond acceptors (Lipinski definition) is 4. The van der Waals surface area contributed by atoms with Gasteiger partial charge in [0.25, 0.3) is 11.8 Å². The van der Waals surface area contributed by atoms with E-state index in [4.69, 9.17) is 4.74 Å². The number of nitrogens with zero attached hydrogens (tertiary/aromatic N) is 1. The lowest BCUT2D eigenvalue weighted by atomic mass is 10.2. The minimum absolute atomic E-state index is 0.0461. The maximum atomic E-state index is 12.7. The van der Waals surface area contributed by atoms with Gasteiger partial charge in [0, 0.05) is 22.5 Å². The summed E-state index contributed by atoms with van der Waals surface area (Å²) in [6, 6.07) is 20.6. The number of carbonyl (C=O) groups excluding carboxylic acids is 2. The molecule has 0 atom stereocenters. The highest BCUT2D eigenvalue weighted by atomic mass is 32.2. The Kier molecular flexibility index (Phi) is 5.27. The largest absolute Gasteiger partial charge is 0.484 e. The summed E-state index contributed by atoms with van der Waals surface area (Å²) in [7, 11) is 1.76. The zero-order valence-electron chi connectivity index (χ0n) is 16.1. The standard InChI is InChI=1S/C23H20N2O3S/c1-15-6-5-7-17(12-15)28-14-22(26)24-16-10-11-19-21(13-16)29-20-9-4-3-8-18(20)23(27)25(19)2/h3-13H,14H2,1-2H3,(H,24,26). The number of rotatable bonds is 4. The Morgan fingerprint density at radius 2 is 1.86 bits per heavy atom. The summed E-state index contributed by atoms with van der Waals surface area (Å²) in [6.07, 6.45) is 0. The number of aryl methyl sites for hydroxylation is 1. The minimum Gasteiger partial charge on any atom is -0.484 e. The topological polar surface area (TPSA) is 58.6 Å². The molecule has 0 fully saturated rings. The third-order valence-electron chi connectivity index (χ3n) is 4.61. The lowest BCUT2D eigenvalue weighted by Gasteiger charge is -2.18. The van der Waals surface area contributed by atoms with Gasteiger partial charge in [-0.25, -0.2) is 0 Å². The molecular weight excluding hydrogens is 384 g/mol. The highest BCUT2D eigenvalue weighted by molar-refractivity contribution is 7.99. The van der Waals surface area contributed by atoms with Crippen molar-refractivity contribution in [1.82, 2.24) is 0 Å². The van der Waals surface area contributed by atoms with Crippen LogP contribution in [0.1, 0.15) is 15.9 Å². The summed E-state index contributed by atoms with van der Waals surface area (Å²) in [4.78, 5) is 28.5. The molecule has 0 unspecified atom stereocenters. The molecule has 3 aromatic carbocycles. The molecule has 0 bridgehead atoms. The van der Waals surface area contributed by atoms with Gasteiger partial charge >= 0.3 is 0 Å². The quantitative estimate of drug-likeness (QED) is 0.682. The van der Waals surface area contributed by atoms with Crippen molar-refractivity contribution in [2.75, 3.05) is 23.9 Å². The molecular formula is C23H20N2O3S. The lowest BCUT2D eigenvalue weighted by Crippen LogP contribution is -2.26. The van der Waals surface area contributed by atoms with Crippen LogP contribution in [0.15, 0.2) is 76.5 Å². The molecule has 0 spiro atoms. The van der Waals surface area contributed by atoms with Crippen LogP contribution in [0.5, 0.6) is 5.75 Å². The Bertz CT molecular complexity index is 1100. The molecule has 146 valence electrons. The summed E-state index contributed by atoms with van der Waals surface area (Å²) in [5, 5.41) is 2.87. The van der Waals surface area contributed by atoms with Gasteiger partial charge in [0.05, 0.1) is 11.3 Å². The van der Waals surface area contributed by atoms with Crippen molar-refractivity contribution in [3.63, 3.8) is 0 Å². The second-order valence-electron chi connectivity index (χ2n) is 6.80. The normalized spacial score (nSPS) is 12.6. The molecule has 0 saturated heterocycles. The van der Waals surface area contributed by atoms with E-state index in [0.717, 1.165) is 21.0 Å². The average molecular weight is 404 g/mol. The van der Waals surface area contributed by atoms with Gasteiger partial charge in [-0.1, -0.05) is 36.0 Å². The third kappa shape index (κ3) is 4.12. The fraction of sp³-hybridized carbons (Fsp3) is 0.130. The molecule has 0 aliphatic carbocycles. The molecule has 1 aliphatic heterocycles. The van der Waals surface area contributed by atoms with Crippen LogP contribution in [-0.2, 0) is 4.79 Å². The summed E-state index contributed by atoms with van der Waals surface area (Å²) < 4.78 is 5.56. The monoisotopic (exact) mass is 404 g/mol. The number of ether oxygens (including phenoxy) is 1. The van der Waals surface area contributed by atoms with Crippen molar-refractivity contribution in [2.24, 2.45) is 0 Å². The fourth-order valence-electron chi connectivity index (χ4n) is 3.14. The predicted octanol–water partition coefficient (Wildman–Crippen LogP) is 4.75. The van der Waals surface area contributed by atoms with E-state index in [9.17, 15) is 9.59 Å². The molecule has 0 aromatic heterocycles. The van der Waals surface area contributed by atoms with Gasteiger partial charge < -0.3 is 15.0 Å². The second kappa shape index (κ2) is 8.01. The molecule has 1 aliphatic rings. The molecule has 29 heavy (non-hydrogen) atoms. The first kappa shape index (κ1) is 19.1. The van der Waals surface area contributed by atoms with Crippen LogP contribution >= 0.6 is 11.8 Å². The number of fused-ring (bicyclic) bond motifs is 2. The first-order valence-electron chi connectivity index (χ1n) is 9.19. The Hall–Kier alpha value is -3.25. The Morgan fingerprint density at radius 3 is 2.69 bits per heavy atom. The van der Waals surface area contributed by atoms with E-state index in [1.54, 1.807) is 18.0 Å². The molecule has 6 heteroatoms. The summed E-state index contributed by atoms with van der Waals surface area (Å²) in [6.45, 7) is 1.90.